The first-order valence-corrected chi connectivity index (χ1v) is 5.95. The predicted octanol–water partition coefficient (Wildman–Crippen LogP) is 3.05. The summed E-state index contributed by atoms with van der Waals surface area (Å²) in [5.74, 6) is -3.15. The van der Waals surface area contributed by atoms with E-state index < -0.39 is 29.8 Å². The lowest BCUT2D eigenvalue weighted by atomic mass is 10.1. The number of ether oxygens (including phenoxy) is 1. The number of hydrogen-bond acceptors (Lipinski definition) is 3. The molecule has 0 fully saturated rings. The highest BCUT2D eigenvalue weighted by molar-refractivity contribution is 5.35. The van der Waals surface area contributed by atoms with Crippen molar-refractivity contribution >= 4 is 0 Å². The van der Waals surface area contributed by atoms with Gasteiger partial charge in [0.15, 0.2) is 17.4 Å². The lowest BCUT2D eigenvalue weighted by Gasteiger charge is -2.10. The minimum absolute atomic E-state index is 0.0888. The van der Waals surface area contributed by atoms with E-state index in [4.69, 9.17) is 15.1 Å². The van der Waals surface area contributed by atoms with Crippen molar-refractivity contribution < 1.29 is 23.0 Å². The van der Waals surface area contributed by atoms with Gasteiger partial charge in [-0.2, -0.15) is 5.26 Å². The summed E-state index contributed by atoms with van der Waals surface area (Å²) in [5, 5.41) is 17.5. The third kappa shape index (κ3) is 3.33. The maximum Gasteiger partial charge on any atom is 0.191 e. The summed E-state index contributed by atoms with van der Waals surface area (Å²) >= 11 is 0. The van der Waals surface area contributed by atoms with Crippen LogP contribution in [0.2, 0.25) is 0 Å². The van der Waals surface area contributed by atoms with E-state index in [1.54, 1.807) is 6.07 Å². The van der Waals surface area contributed by atoms with E-state index in [0.717, 1.165) is 18.2 Å². The largest absolute Gasteiger partial charge is 0.483 e. The van der Waals surface area contributed by atoms with Crippen LogP contribution in [0.4, 0.5) is 13.2 Å². The van der Waals surface area contributed by atoms with Crippen LogP contribution in [0.15, 0.2) is 30.3 Å². The van der Waals surface area contributed by atoms with Crippen molar-refractivity contribution in [2.24, 2.45) is 0 Å². The van der Waals surface area contributed by atoms with E-state index in [1.807, 2.05) is 0 Å². The molecule has 0 atom stereocenters. The number of benzene rings is 2. The topological polar surface area (TPSA) is 53.2 Å². The highest BCUT2D eigenvalue weighted by Crippen LogP contribution is 2.24. The summed E-state index contributed by atoms with van der Waals surface area (Å²) in [4.78, 5) is 0. The molecule has 0 aromatic heterocycles. The van der Waals surface area contributed by atoms with Crippen LogP contribution in [0.1, 0.15) is 16.7 Å². The van der Waals surface area contributed by atoms with E-state index in [-0.39, 0.29) is 17.7 Å². The Morgan fingerprint density at radius 1 is 1.00 bits per heavy atom. The standard InChI is InChI=1S/C15H10F3NO2/c16-12-2-1-9(3-11(12)6-19)8-21-15-13(17)4-10(7-20)5-14(15)18/h1-5,20H,7-8H2. The van der Waals surface area contributed by atoms with Crippen molar-refractivity contribution in [3.8, 4) is 11.8 Å². The van der Waals surface area contributed by atoms with Gasteiger partial charge in [-0.3, -0.25) is 0 Å². The molecule has 2 aromatic rings. The van der Waals surface area contributed by atoms with Crippen LogP contribution in [0.3, 0.4) is 0 Å². The first-order valence-electron chi connectivity index (χ1n) is 5.95. The fourth-order valence-corrected chi connectivity index (χ4v) is 1.74. The smallest absolute Gasteiger partial charge is 0.191 e. The number of aliphatic hydroxyl groups excluding tert-OH is 1. The van der Waals surface area contributed by atoms with Crippen LogP contribution >= 0.6 is 0 Å². The second-order valence-electron chi connectivity index (χ2n) is 4.26. The van der Waals surface area contributed by atoms with E-state index >= 15 is 0 Å². The zero-order valence-electron chi connectivity index (χ0n) is 10.7. The number of hydrogen-bond donors (Lipinski definition) is 1. The molecular weight excluding hydrogens is 283 g/mol. The Morgan fingerprint density at radius 2 is 1.67 bits per heavy atom. The molecule has 0 unspecified atom stereocenters. The number of nitriles is 1. The van der Waals surface area contributed by atoms with Crippen LogP contribution in [0.5, 0.6) is 5.75 Å². The first kappa shape index (κ1) is 14.9. The number of aliphatic hydroxyl groups is 1. The second-order valence-corrected chi connectivity index (χ2v) is 4.26. The molecule has 0 radical (unpaired) electrons. The summed E-state index contributed by atoms with van der Waals surface area (Å²) in [6.45, 7) is -0.709. The Balaban J connectivity index is 2.19. The van der Waals surface area contributed by atoms with E-state index in [2.05, 4.69) is 0 Å². The van der Waals surface area contributed by atoms with Crippen molar-refractivity contribution in [2.75, 3.05) is 0 Å². The minimum Gasteiger partial charge on any atom is -0.483 e. The molecule has 0 spiro atoms. The fourth-order valence-electron chi connectivity index (χ4n) is 1.74. The summed E-state index contributed by atoms with van der Waals surface area (Å²) in [6.07, 6.45) is 0. The molecule has 0 saturated carbocycles. The van der Waals surface area contributed by atoms with Crippen LogP contribution < -0.4 is 4.74 Å². The number of rotatable bonds is 4. The monoisotopic (exact) mass is 293 g/mol. The molecule has 1 N–H and O–H groups in total. The SMILES string of the molecule is N#Cc1cc(COc2c(F)cc(CO)cc2F)ccc1F. The summed E-state index contributed by atoms with van der Waals surface area (Å²) in [6, 6.07) is 7.27. The molecule has 2 aromatic carbocycles. The highest BCUT2D eigenvalue weighted by atomic mass is 19.1. The van der Waals surface area contributed by atoms with E-state index in [1.165, 1.54) is 12.1 Å². The van der Waals surface area contributed by atoms with Gasteiger partial charge in [0.2, 0.25) is 0 Å². The van der Waals surface area contributed by atoms with Gasteiger partial charge in [-0.1, -0.05) is 6.07 Å². The second kappa shape index (κ2) is 6.29. The number of nitrogens with zero attached hydrogens (tertiary/aromatic N) is 1. The van der Waals surface area contributed by atoms with Crippen molar-refractivity contribution in [3.63, 3.8) is 0 Å². The molecule has 0 bridgehead atoms. The summed E-state index contributed by atoms with van der Waals surface area (Å²) in [5.41, 5.74) is 0.316. The summed E-state index contributed by atoms with van der Waals surface area (Å²) in [7, 11) is 0. The Kier molecular flexibility index (Phi) is 4.45. The molecule has 0 saturated heterocycles. The third-order valence-corrected chi connectivity index (χ3v) is 2.78. The first-order chi connectivity index (χ1) is 10.0. The molecule has 0 heterocycles. The predicted molar refractivity (Wildman–Crippen MR) is 67.7 cm³/mol. The quantitative estimate of drug-likeness (QED) is 0.942. The van der Waals surface area contributed by atoms with E-state index in [0.29, 0.717) is 5.56 Å². The van der Waals surface area contributed by atoms with Gasteiger partial charge in [0.1, 0.15) is 18.5 Å². The molecule has 3 nitrogen and oxygen atoms in total. The van der Waals surface area contributed by atoms with Crippen molar-refractivity contribution in [2.45, 2.75) is 13.2 Å². The lowest BCUT2D eigenvalue weighted by Crippen LogP contribution is -2.02. The molecule has 6 heteroatoms. The van der Waals surface area contributed by atoms with Crippen molar-refractivity contribution in [1.29, 1.82) is 5.26 Å². The van der Waals surface area contributed by atoms with E-state index in [9.17, 15) is 13.2 Å². The fraction of sp³-hybridized carbons (Fsp3) is 0.133. The molecule has 21 heavy (non-hydrogen) atoms. The van der Waals surface area contributed by atoms with Crippen LogP contribution in [-0.2, 0) is 13.2 Å². The minimum atomic E-state index is -0.943. The van der Waals surface area contributed by atoms with Crippen molar-refractivity contribution in [3.05, 3.63) is 64.5 Å². The molecule has 0 aliphatic carbocycles. The average Bonchev–Trinajstić information content (AvgIpc) is 2.47. The third-order valence-electron chi connectivity index (χ3n) is 2.78. The Labute approximate surface area is 118 Å². The average molecular weight is 293 g/mol. The highest BCUT2D eigenvalue weighted by Gasteiger charge is 2.13. The maximum absolute atomic E-state index is 13.6. The van der Waals surface area contributed by atoms with Gasteiger partial charge in [0.05, 0.1) is 12.2 Å². The molecule has 0 aliphatic rings. The maximum atomic E-state index is 13.6. The number of halogens is 3. The molecular formula is C15H10F3NO2. The molecule has 0 amide bonds. The van der Waals surface area contributed by atoms with Crippen LogP contribution in [-0.4, -0.2) is 5.11 Å². The lowest BCUT2D eigenvalue weighted by molar-refractivity contribution is 0.266. The van der Waals surface area contributed by atoms with Gasteiger partial charge < -0.3 is 9.84 Å². The summed E-state index contributed by atoms with van der Waals surface area (Å²) < 4.78 is 45.4. The molecule has 108 valence electrons. The Hall–Kier alpha value is -2.52. The Morgan fingerprint density at radius 3 is 2.24 bits per heavy atom. The van der Waals surface area contributed by atoms with Crippen LogP contribution in [0, 0.1) is 28.8 Å². The van der Waals surface area contributed by atoms with Crippen LogP contribution in [0.25, 0.3) is 0 Å². The van der Waals surface area contributed by atoms with Gasteiger partial charge in [-0.15, -0.1) is 0 Å². The molecule has 0 aliphatic heterocycles. The van der Waals surface area contributed by atoms with Gasteiger partial charge >= 0.3 is 0 Å². The zero-order chi connectivity index (χ0) is 15.4. The zero-order valence-corrected chi connectivity index (χ0v) is 10.7. The molecule has 2 rings (SSSR count). The Bertz CT molecular complexity index is 688. The van der Waals surface area contributed by atoms with Gasteiger partial charge in [0, 0.05) is 0 Å². The van der Waals surface area contributed by atoms with Crippen molar-refractivity contribution in [1.82, 2.24) is 0 Å². The van der Waals surface area contributed by atoms with Gasteiger partial charge in [-0.05, 0) is 35.4 Å². The van der Waals surface area contributed by atoms with Gasteiger partial charge in [-0.25, -0.2) is 13.2 Å². The van der Waals surface area contributed by atoms with Gasteiger partial charge in [0.25, 0.3) is 0 Å². The normalized spacial score (nSPS) is 10.2.